The van der Waals surface area contributed by atoms with Crippen LogP contribution in [0.3, 0.4) is 0 Å². The lowest BCUT2D eigenvalue weighted by Crippen LogP contribution is -2.02. The van der Waals surface area contributed by atoms with Gasteiger partial charge >= 0.3 is 0 Å². The second-order valence-corrected chi connectivity index (χ2v) is 4.19. The zero-order valence-corrected chi connectivity index (χ0v) is 10.5. The number of nitro groups is 1. The highest BCUT2D eigenvalue weighted by molar-refractivity contribution is 5.52. The van der Waals surface area contributed by atoms with Crippen molar-refractivity contribution in [2.75, 3.05) is 5.73 Å². The Morgan fingerprint density at radius 3 is 2.68 bits per heavy atom. The Hall–Kier alpha value is -2.56. The molecule has 0 saturated heterocycles. The Labute approximate surface area is 110 Å². The Bertz CT molecular complexity index is 611. The van der Waals surface area contributed by atoms with Crippen LogP contribution in [0.15, 0.2) is 42.5 Å². The fraction of sp³-hybridized carbons (Fsp3) is 0.143. The van der Waals surface area contributed by atoms with Crippen molar-refractivity contribution in [2.45, 2.75) is 13.5 Å². The van der Waals surface area contributed by atoms with E-state index in [4.69, 9.17) is 10.5 Å². The van der Waals surface area contributed by atoms with Crippen LogP contribution in [0, 0.1) is 17.0 Å². The SMILES string of the molecule is Cc1ccccc1OCc1cc([N+](=O)[O-])ccc1N. The summed E-state index contributed by atoms with van der Waals surface area (Å²) in [6, 6.07) is 11.9. The average molecular weight is 258 g/mol. The number of nitrogen functional groups attached to an aromatic ring is 1. The molecule has 2 rings (SSSR count). The maximum Gasteiger partial charge on any atom is 0.269 e. The summed E-state index contributed by atoms with van der Waals surface area (Å²) in [4.78, 5) is 10.3. The molecular formula is C14H14N2O3. The zero-order valence-electron chi connectivity index (χ0n) is 10.5. The Morgan fingerprint density at radius 2 is 2.00 bits per heavy atom. The number of nitrogens with two attached hydrogens (primary N) is 1. The van der Waals surface area contributed by atoms with Gasteiger partial charge in [0.25, 0.3) is 5.69 Å². The van der Waals surface area contributed by atoms with Crippen LogP contribution in [0.1, 0.15) is 11.1 Å². The van der Waals surface area contributed by atoms with Gasteiger partial charge in [0.15, 0.2) is 0 Å². The van der Waals surface area contributed by atoms with Crippen LogP contribution < -0.4 is 10.5 Å². The molecule has 0 saturated carbocycles. The first kappa shape index (κ1) is 12.9. The number of non-ortho nitro benzene ring substituents is 1. The van der Waals surface area contributed by atoms with E-state index in [1.165, 1.54) is 18.2 Å². The van der Waals surface area contributed by atoms with E-state index in [0.29, 0.717) is 11.3 Å². The summed E-state index contributed by atoms with van der Waals surface area (Å²) in [6.07, 6.45) is 0. The van der Waals surface area contributed by atoms with E-state index < -0.39 is 4.92 Å². The number of anilines is 1. The van der Waals surface area contributed by atoms with Crippen molar-refractivity contribution in [3.63, 3.8) is 0 Å². The van der Waals surface area contributed by atoms with Crippen molar-refractivity contribution < 1.29 is 9.66 Å². The first-order valence-corrected chi connectivity index (χ1v) is 5.79. The molecule has 2 N–H and O–H groups in total. The van der Waals surface area contributed by atoms with Crippen molar-refractivity contribution >= 4 is 11.4 Å². The molecule has 0 amide bonds. The maximum atomic E-state index is 10.7. The van der Waals surface area contributed by atoms with Gasteiger partial charge in [-0.3, -0.25) is 10.1 Å². The van der Waals surface area contributed by atoms with E-state index in [1.54, 1.807) is 0 Å². The highest BCUT2D eigenvalue weighted by atomic mass is 16.6. The number of ether oxygens (including phenoxy) is 1. The molecular weight excluding hydrogens is 244 g/mol. The van der Waals surface area contributed by atoms with Gasteiger partial charge in [-0.25, -0.2) is 0 Å². The summed E-state index contributed by atoms with van der Waals surface area (Å²) in [5.41, 5.74) is 7.90. The fourth-order valence-corrected chi connectivity index (χ4v) is 1.70. The van der Waals surface area contributed by atoms with Crippen molar-refractivity contribution in [3.05, 3.63) is 63.7 Å². The minimum atomic E-state index is -0.448. The molecule has 0 radical (unpaired) electrons. The zero-order chi connectivity index (χ0) is 13.8. The molecule has 0 aromatic heterocycles. The smallest absolute Gasteiger partial charge is 0.269 e. The maximum absolute atomic E-state index is 10.7. The van der Waals surface area contributed by atoms with Crippen LogP contribution in [0.4, 0.5) is 11.4 Å². The van der Waals surface area contributed by atoms with Gasteiger partial charge in [0.2, 0.25) is 0 Å². The molecule has 2 aromatic carbocycles. The monoisotopic (exact) mass is 258 g/mol. The van der Waals surface area contributed by atoms with Gasteiger partial charge in [-0.15, -0.1) is 0 Å². The molecule has 98 valence electrons. The summed E-state index contributed by atoms with van der Waals surface area (Å²) in [5, 5.41) is 10.7. The first-order chi connectivity index (χ1) is 9.08. The third-order valence-corrected chi connectivity index (χ3v) is 2.81. The second-order valence-electron chi connectivity index (χ2n) is 4.19. The molecule has 0 atom stereocenters. The molecule has 0 unspecified atom stereocenters. The Kier molecular flexibility index (Phi) is 3.66. The third-order valence-electron chi connectivity index (χ3n) is 2.81. The molecule has 0 aliphatic heterocycles. The number of para-hydroxylation sites is 1. The molecule has 0 fully saturated rings. The quantitative estimate of drug-likeness (QED) is 0.519. The molecule has 0 heterocycles. The summed E-state index contributed by atoms with van der Waals surface area (Å²) in [7, 11) is 0. The summed E-state index contributed by atoms with van der Waals surface area (Å²) < 4.78 is 5.64. The average Bonchev–Trinajstić information content (AvgIpc) is 2.39. The number of hydrogen-bond donors (Lipinski definition) is 1. The minimum Gasteiger partial charge on any atom is -0.489 e. The second kappa shape index (κ2) is 5.39. The van der Waals surface area contributed by atoms with E-state index >= 15 is 0 Å². The van der Waals surface area contributed by atoms with Gasteiger partial charge in [0, 0.05) is 23.4 Å². The lowest BCUT2D eigenvalue weighted by atomic mass is 10.1. The first-order valence-electron chi connectivity index (χ1n) is 5.79. The number of rotatable bonds is 4. The standard InChI is InChI=1S/C14H14N2O3/c1-10-4-2-3-5-14(10)19-9-11-8-12(16(17)18)6-7-13(11)15/h2-8H,9,15H2,1H3. The van der Waals surface area contributed by atoms with Gasteiger partial charge in [0.1, 0.15) is 12.4 Å². The van der Waals surface area contributed by atoms with Gasteiger partial charge in [-0.1, -0.05) is 18.2 Å². The molecule has 0 aliphatic carbocycles. The van der Waals surface area contributed by atoms with Crippen LogP contribution in [-0.2, 0) is 6.61 Å². The molecule has 5 nitrogen and oxygen atoms in total. The van der Waals surface area contributed by atoms with Crippen molar-refractivity contribution in [2.24, 2.45) is 0 Å². The van der Waals surface area contributed by atoms with Crippen LogP contribution in [0.2, 0.25) is 0 Å². The van der Waals surface area contributed by atoms with Gasteiger partial charge in [-0.05, 0) is 24.6 Å². The van der Waals surface area contributed by atoms with Gasteiger partial charge < -0.3 is 10.5 Å². The summed E-state index contributed by atoms with van der Waals surface area (Å²) in [6.45, 7) is 2.14. The van der Waals surface area contributed by atoms with Crippen molar-refractivity contribution in [1.29, 1.82) is 0 Å². The molecule has 5 heteroatoms. The number of nitrogens with zero attached hydrogens (tertiary/aromatic N) is 1. The van der Waals surface area contributed by atoms with Crippen LogP contribution in [-0.4, -0.2) is 4.92 Å². The lowest BCUT2D eigenvalue weighted by Gasteiger charge is -2.10. The van der Waals surface area contributed by atoms with E-state index in [1.807, 2.05) is 31.2 Å². The van der Waals surface area contributed by atoms with Crippen LogP contribution in [0.25, 0.3) is 0 Å². The molecule has 0 bridgehead atoms. The van der Waals surface area contributed by atoms with Crippen LogP contribution >= 0.6 is 0 Å². The predicted octanol–water partition coefficient (Wildman–Crippen LogP) is 3.06. The number of nitro benzene ring substituents is 1. The Morgan fingerprint density at radius 1 is 1.26 bits per heavy atom. The van der Waals surface area contributed by atoms with Crippen molar-refractivity contribution in [3.8, 4) is 5.75 Å². The summed E-state index contributed by atoms with van der Waals surface area (Å²) >= 11 is 0. The summed E-state index contributed by atoms with van der Waals surface area (Å²) in [5.74, 6) is 0.744. The Balaban J connectivity index is 2.17. The van der Waals surface area contributed by atoms with Gasteiger partial charge in [-0.2, -0.15) is 0 Å². The van der Waals surface area contributed by atoms with Gasteiger partial charge in [0.05, 0.1) is 4.92 Å². The molecule has 0 spiro atoms. The minimum absolute atomic E-state index is 0.0117. The van der Waals surface area contributed by atoms with E-state index in [9.17, 15) is 10.1 Å². The molecule has 0 aliphatic rings. The van der Waals surface area contributed by atoms with Crippen molar-refractivity contribution in [1.82, 2.24) is 0 Å². The van der Waals surface area contributed by atoms with Crippen LogP contribution in [0.5, 0.6) is 5.75 Å². The topological polar surface area (TPSA) is 78.4 Å². The number of benzene rings is 2. The number of hydrogen-bond acceptors (Lipinski definition) is 4. The van der Waals surface area contributed by atoms with E-state index in [0.717, 1.165) is 11.3 Å². The largest absolute Gasteiger partial charge is 0.489 e. The van der Waals surface area contributed by atoms with E-state index in [2.05, 4.69) is 0 Å². The molecule has 19 heavy (non-hydrogen) atoms. The lowest BCUT2D eigenvalue weighted by molar-refractivity contribution is -0.384. The van der Waals surface area contributed by atoms with E-state index in [-0.39, 0.29) is 12.3 Å². The molecule has 2 aromatic rings. The highest BCUT2D eigenvalue weighted by Crippen LogP contribution is 2.23. The normalized spacial score (nSPS) is 10.2. The predicted molar refractivity (Wildman–Crippen MR) is 73.0 cm³/mol. The number of aryl methyl sites for hydroxylation is 1. The third kappa shape index (κ3) is 3.01. The fourth-order valence-electron chi connectivity index (χ4n) is 1.70. The highest BCUT2D eigenvalue weighted by Gasteiger charge is 2.10.